The second-order valence-corrected chi connectivity index (χ2v) is 11.3. The maximum absolute atomic E-state index is 12.9. The number of alkyl halides is 3. The summed E-state index contributed by atoms with van der Waals surface area (Å²) in [7, 11) is 0. The van der Waals surface area contributed by atoms with E-state index in [2.05, 4.69) is 49.9 Å². The van der Waals surface area contributed by atoms with Crippen molar-refractivity contribution in [2.75, 3.05) is 31.1 Å². The number of benzene rings is 1. The highest BCUT2D eigenvalue weighted by Gasteiger charge is 2.44. The number of rotatable bonds is 4. The zero-order valence-electron chi connectivity index (χ0n) is 21.8. The second kappa shape index (κ2) is 10.2. The van der Waals surface area contributed by atoms with Gasteiger partial charge in [0.25, 0.3) is 0 Å². The Bertz CT molecular complexity index is 1500. The number of fused-ring (bicyclic) bond motifs is 2. The maximum Gasteiger partial charge on any atom is 0.393 e. The van der Waals surface area contributed by atoms with E-state index in [0.29, 0.717) is 10.5 Å². The van der Waals surface area contributed by atoms with Gasteiger partial charge >= 0.3 is 6.18 Å². The molecular formula is C28H31F3N6S. The molecule has 1 atom stereocenters. The minimum Gasteiger partial charge on any atom is -0.355 e. The Morgan fingerprint density at radius 2 is 1.89 bits per heavy atom. The monoisotopic (exact) mass is 540 g/mol. The number of hydrogen-bond acceptors (Lipinski definition) is 6. The zero-order chi connectivity index (χ0) is 27.1. The summed E-state index contributed by atoms with van der Waals surface area (Å²) in [6.07, 6.45) is -1.57. The Labute approximate surface area is 224 Å². The van der Waals surface area contributed by atoms with Crippen molar-refractivity contribution in [3.05, 3.63) is 52.3 Å². The summed E-state index contributed by atoms with van der Waals surface area (Å²) in [4.78, 5) is 17.5. The van der Waals surface area contributed by atoms with Crippen molar-refractivity contribution >= 4 is 38.3 Å². The molecule has 200 valence electrons. The van der Waals surface area contributed by atoms with E-state index in [9.17, 15) is 18.4 Å². The summed E-state index contributed by atoms with van der Waals surface area (Å²) in [5.74, 6) is 0.752. The molecule has 5 heterocycles. The first kappa shape index (κ1) is 26.4. The molecule has 0 aliphatic carbocycles. The summed E-state index contributed by atoms with van der Waals surface area (Å²) in [6, 6.07) is 9.91. The predicted octanol–water partition coefficient (Wildman–Crippen LogP) is 6.59. The summed E-state index contributed by atoms with van der Waals surface area (Å²) < 4.78 is 38.8. The molecule has 2 saturated heterocycles. The van der Waals surface area contributed by atoms with Crippen LogP contribution in [-0.4, -0.2) is 52.2 Å². The van der Waals surface area contributed by atoms with E-state index in [-0.39, 0.29) is 10.3 Å². The number of nitriles is 1. The second-order valence-electron chi connectivity index (χ2n) is 10.2. The number of thiophene rings is 1. The first-order valence-corrected chi connectivity index (χ1v) is 13.8. The van der Waals surface area contributed by atoms with Gasteiger partial charge in [-0.05, 0) is 55.6 Å². The third kappa shape index (κ3) is 5.09. The highest BCUT2D eigenvalue weighted by atomic mass is 32.1. The van der Waals surface area contributed by atoms with Crippen LogP contribution in [0.25, 0.3) is 21.1 Å². The number of hydrogen-bond donors (Lipinski definition) is 1. The van der Waals surface area contributed by atoms with Crippen LogP contribution in [0.3, 0.4) is 0 Å². The first-order chi connectivity index (χ1) is 18.2. The molecule has 1 spiro atoms. The van der Waals surface area contributed by atoms with Crippen LogP contribution >= 0.6 is 11.3 Å². The molecule has 0 saturated carbocycles. The third-order valence-electron chi connectivity index (χ3n) is 7.69. The van der Waals surface area contributed by atoms with Crippen molar-refractivity contribution in [2.45, 2.75) is 52.8 Å². The normalized spacial score (nSPS) is 19.9. The molecule has 10 heteroatoms. The molecule has 0 bridgehead atoms. The Hall–Kier alpha value is -3.16. The molecule has 0 amide bonds. The van der Waals surface area contributed by atoms with Crippen LogP contribution in [0, 0.1) is 23.7 Å². The van der Waals surface area contributed by atoms with E-state index in [1.54, 1.807) is 6.07 Å². The van der Waals surface area contributed by atoms with Crippen molar-refractivity contribution in [3.63, 3.8) is 0 Å². The van der Waals surface area contributed by atoms with Crippen LogP contribution in [-0.2, 0) is 13.0 Å². The van der Waals surface area contributed by atoms with Crippen LogP contribution in [0.5, 0.6) is 0 Å². The number of H-pyrrole nitrogens is 1. The van der Waals surface area contributed by atoms with E-state index in [1.165, 1.54) is 17.5 Å². The van der Waals surface area contributed by atoms with Crippen LogP contribution < -0.4 is 4.90 Å². The Kier molecular flexibility index (Phi) is 7.09. The van der Waals surface area contributed by atoms with Crippen LogP contribution in [0.1, 0.15) is 48.4 Å². The van der Waals surface area contributed by atoms with Crippen molar-refractivity contribution < 1.29 is 13.2 Å². The predicted molar refractivity (Wildman–Crippen MR) is 145 cm³/mol. The van der Waals surface area contributed by atoms with Crippen LogP contribution in [0.4, 0.5) is 19.0 Å². The molecule has 38 heavy (non-hydrogen) atoms. The molecule has 4 aromatic rings. The Morgan fingerprint density at radius 1 is 1.11 bits per heavy atom. The van der Waals surface area contributed by atoms with Crippen molar-refractivity contribution in [1.82, 2.24) is 19.9 Å². The van der Waals surface area contributed by atoms with Gasteiger partial charge in [-0.15, -0.1) is 11.3 Å². The quantitative estimate of drug-likeness (QED) is 0.316. The van der Waals surface area contributed by atoms with E-state index in [4.69, 9.17) is 0 Å². The van der Waals surface area contributed by atoms with Crippen molar-refractivity contribution in [3.8, 4) is 6.07 Å². The highest BCUT2D eigenvalue weighted by molar-refractivity contribution is 7.18. The van der Waals surface area contributed by atoms with Crippen molar-refractivity contribution in [1.29, 1.82) is 5.26 Å². The molecule has 3 aromatic heterocycles. The minimum absolute atomic E-state index is 0.155. The van der Waals surface area contributed by atoms with E-state index >= 15 is 0 Å². The number of aryl methyl sites for hydroxylation is 1. The fourth-order valence-electron chi connectivity index (χ4n) is 5.91. The third-order valence-corrected chi connectivity index (χ3v) is 8.73. The zero-order valence-corrected chi connectivity index (χ0v) is 22.6. The molecule has 1 unspecified atom stereocenters. The topological polar surface area (TPSA) is 71.8 Å². The standard InChI is InChI=1S/C26H25F3N6S.C2H6/c1-16-17(2-3-22-20(16)8-18(11-30)33-22)12-34-6-4-25(13-34)5-7-35(14-25)23-21-9-19(10-26(27,28)29)36-24(21)32-15-31-23;1-2/h2-3,8-9,15,33H,4-7,10,12-14H2,1H3;1-2H3. The number of nitrogens with one attached hydrogen (secondary N) is 1. The molecule has 2 fully saturated rings. The molecular weight excluding hydrogens is 509 g/mol. The maximum atomic E-state index is 12.9. The van der Waals surface area contributed by atoms with Gasteiger partial charge in [0.15, 0.2) is 0 Å². The fraction of sp³-hybridized carbons (Fsp3) is 0.464. The first-order valence-electron chi connectivity index (χ1n) is 13.0. The number of aromatic nitrogens is 3. The minimum atomic E-state index is -4.23. The largest absolute Gasteiger partial charge is 0.393 e. The van der Waals surface area contributed by atoms with Gasteiger partial charge in [0.05, 0.1) is 11.8 Å². The number of nitrogens with zero attached hydrogens (tertiary/aromatic N) is 5. The molecule has 1 N–H and O–H groups in total. The van der Waals surface area contributed by atoms with Crippen LogP contribution in [0.2, 0.25) is 0 Å². The van der Waals surface area contributed by atoms with Gasteiger partial charge in [-0.1, -0.05) is 19.9 Å². The number of likely N-dealkylation sites (tertiary alicyclic amines) is 1. The van der Waals surface area contributed by atoms with Crippen molar-refractivity contribution in [2.24, 2.45) is 5.41 Å². The molecule has 0 radical (unpaired) electrons. The number of anilines is 1. The molecule has 2 aliphatic heterocycles. The molecule has 6 nitrogen and oxygen atoms in total. The lowest BCUT2D eigenvalue weighted by atomic mass is 9.86. The number of aromatic amines is 1. The lowest BCUT2D eigenvalue weighted by Crippen LogP contribution is -2.31. The van der Waals surface area contributed by atoms with Gasteiger partial charge in [-0.2, -0.15) is 18.4 Å². The summed E-state index contributed by atoms with van der Waals surface area (Å²) in [5, 5.41) is 11.0. The lowest BCUT2D eigenvalue weighted by Gasteiger charge is -2.25. The molecule has 6 rings (SSSR count). The molecule has 2 aliphatic rings. The van der Waals surface area contributed by atoms with Gasteiger partial charge in [0, 0.05) is 47.4 Å². The van der Waals surface area contributed by atoms with Gasteiger partial charge in [0.2, 0.25) is 0 Å². The van der Waals surface area contributed by atoms with Gasteiger partial charge in [0.1, 0.15) is 28.7 Å². The van der Waals surface area contributed by atoms with Crippen LogP contribution in [0.15, 0.2) is 30.6 Å². The number of halogens is 3. The summed E-state index contributed by atoms with van der Waals surface area (Å²) in [5.41, 5.74) is 4.19. The van der Waals surface area contributed by atoms with Gasteiger partial charge in [-0.3, -0.25) is 4.90 Å². The SMILES string of the molecule is CC.Cc1c(CN2CCC3(CCN(c4ncnc5sc(CC(F)(F)F)cc45)C3)C2)ccc2[nH]c(C#N)cc12. The smallest absolute Gasteiger partial charge is 0.355 e. The van der Waals surface area contributed by atoms with E-state index in [0.717, 1.165) is 79.0 Å². The Balaban J connectivity index is 0.00000144. The highest BCUT2D eigenvalue weighted by Crippen LogP contribution is 2.43. The molecule has 1 aromatic carbocycles. The lowest BCUT2D eigenvalue weighted by molar-refractivity contribution is -0.126. The fourth-order valence-corrected chi connectivity index (χ4v) is 6.93. The summed E-state index contributed by atoms with van der Waals surface area (Å²) in [6.45, 7) is 10.7. The van der Waals surface area contributed by atoms with E-state index < -0.39 is 12.6 Å². The van der Waals surface area contributed by atoms with E-state index in [1.807, 2.05) is 19.9 Å². The summed E-state index contributed by atoms with van der Waals surface area (Å²) >= 11 is 1.10. The van der Waals surface area contributed by atoms with Gasteiger partial charge < -0.3 is 9.88 Å². The average Bonchev–Trinajstić information content (AvgIpc) is 3.67. The average molecular weight is 541 g/mol. The van der Waals surface area contributed by atoms with Gasteiger partial charge in [-0.25, -0.2) is 9.97 Å². The Morgan fingerprint density at radius 3 is 2.66 bits per heavy atom.